The van der Waals surface area contributed by atoms with Crippen molar-refractivity contribution in [3.05, 3.63) is 70.1 Å². The lowest BCUT2D eigenvalue weighted by molar-refractivity contribution is -0.143. The van der Waals surface area contributed by atoms with Crippen molar-refractivity contribution in [2.24, 2.45) is 0 Å². The molecule has 2 aromatic rings. The van der Waals surface area contributed by atoms with E-state index in [1.165, 1.54) is 0 Å². The minimum Gasteiger partial charge on any atom is -0.497 e. The second kappa shape index (κ2) is 11.2. The van der Waals surface area contributed by atoms with E-state index >= 15 is 0 Å². The predicted octanol–water partition coefficient (Wildman–Crippen LogP) is 5.03. The Morgan fingerprint density at radius 3 is 2.24 bits per heavy atom. The minimum absolute atomic E-state index is 0.0382. The number of hydrogen-bond donors (Lipinski definition) is 1. The number of dihydropyridines is 1. The van der Waals surface area contributed by atoms with Gasteiger partial charge in [-0.15, -0.1) is 0 Å². The summed E-state index contributed by atoms with van der Waals surface area (Å²) in [4.78, 5) is 27.3. The van der Waals surface area contributed by atoms with E-state index in [1.807, 2.05) is 31.2 Å². The van der Waals surface area contributed by atoms with Gasteiger partial charge in [0.05, 0.1) is 46.0 Å². The van der Waals surface area contributed by atoms with Crippen molar-refractivity contribution in [1.29, 1.82) is 0 Å². The number of benzene rings is 2. The monoisotopic (exact) mass is 521 g/mol. The Hall–Kier alpha value is -3.94. The van der Waals surface area contributed by atoms with E-state index in [-0.39, 0.29) is 24.2 Å². The Morgan fingerprint density at radius 2 is 1.61 bits per heavy atom. The predicted molar refractivity (Wildman–Crippen MR) is 143 cm³/mol. The van der Waals surface area contributed by atoms with Crippen LogP contribution in [-0.2, 0) is 14.3 Å². The van der Waals surface area contributed by atoms with E-state index in [1.54, 1.807) is 54.4 Å². The van der Waals surface area contributed by atoms with E-state index in [4.69, 9.17) is 23.7 Å². The average Bonchev–Trinajstić information content (AvgIpc) is 2.90. The van der Waals surface area contributed by atoms with Gasteiger partial charge < -0.3 is 29.0 Å². The molecule has 0 amide bonds. The summed E-state index contributed by atoms with van der Waals surface area (Å²) in [6, 6.07) is 11.2. The van der Waals surface area contributed by atoms with E-state index < -0.39 is 11.9 Å². The number of methoxy groups -OCH3 is 4. The first kappa shape index (κ1) is 27.1. The Balaban J connectivity index is 1.83. The number of hydrogen-bond acceptors (Lipinski definition) is 8. The van der Waals surface area contributed by atoms with E-state index in [2.05, 4.69) is 5.32 Å². The smallest absolute Gasteiger partial charge is 0.337 e. The van der Waals surface area contributed by atoms with E-state index in [0.717, 1.165) is 11.3 Å². The Kier molecular flexibility index (Phi) is 7.99. The van der Waals surface area contributed by atoms with Crippen molar-refractivity contribution in [3.63, 3.8) is 0 Å². The fraction of sp³-hybridized carbons (Fsp3) is 0.400. The van der Waals surface area contributed by atoms with Crippen LogP contribution in [0.1, 0.15) is 56.6 Å². The number of Topliss-reactive ketones (excluding diaryl/α,β-unsaturated/α-hetero) is 1. The third kappa shape index (κ3) is 5.08. The first-order valence-electron chi connectivity index (χ1n) is 12.6. The van der Waals surface area contributed by atoms with Gasteiger partial charge in [-0.2, -0.15) is 0 Å². The Labute approximate surface area is 223 Å². The summed E-state index contributed by atoms with van der Waals surface area (Å²) in [5.74, 6) is 1.18. The topological polar surface area (TPSA) is 92.3 Å². The highest BCUT2D eigenvalue weighted by atomic mass is 16.5. The lowest BCUT2D eigenvalue weighted by atomic mass is 9.71. The number of ether oxygens (including phenoxy) is 5. The molecule has 4 rings (SSSR count). The van der Waals surface area contributed by atoms with Crippen LogP contribution >= 0.6 is 0 Å². The van der Waals surface area contributed by atoms with Crippen LogP contribution in [0.5, 0.6) is 23.0 Å². The summed E-state index contributed by atoms with van der Waals surface area (Å²) in [7, 11) is 6.33. The summed E-state index contributed by atoms with van der Waals surface area (Å²) in [5, 5.41) is 3.38. The number of allylic oxidation sites excluding steroid dienone is 3. The Morgan fingerprint density at radius 1 is 0.895 bits per heavy atom. The normalized spacial score (nSPS) is 19.1. The van der Waals surface area contributed by atoms with Crippen molar-refractivity contribution >= 4 is 11.8 Å². The Bertz CT molecular complexity index is 1310. The molecule has 8 heteroatoms. The molecule has 2 aliphatic rings. The third-order valence-corrected chi connectivity index (χ3v) is 7.02. The van der Waals surface area contributed by atoms with Gasteiger partial charge in [0.15, 0.2) is 17.3 Å². The highest BCUT2D eigenvalue weighted by molar-refractivity contribution is 6.04. The number of esters is 1. The van der Waals surface area contributed by atoms with Crippen LogP contribution in [0.2, 0.25) is 0 Å². The molecule has 0 saturated carbocycles. The molecule has 202 valence electrons. The van der Waals surface area contributed by atoms with Gasteiger partial charge in [0.2, 0.25) is 0 Å². The second-order valence-electron chi connectivity index (χ2n) is 9.69. The number of carbonyl (C=O) groups is 2. The third-order valence-electron chi connectivity index (χ3n) is 7.02. The van der Waals surface area contributed by atoms with Crippen LogP contribution in [0.15, 0.2) is 58.9 Å². The molecular weight excluding hydrogens is 486 g/mol. The van der Waals surface area contributed by atoms with E-state index in [9.17, 15) is 9.59 Å². The summed E-state index contributed by atoms with van der Waals surface area (Å²) < 4.78 is 27.6. The van der Waals surface area contributed by atoms with Gasteiger partial charge in [-0.3, -0.25) is 4.79 Å². The van der Waals surface area contributed by atoms with Crippen LogP contribution < -0.4 is 24.3 Å². The average molecular weight is 522 g/mol. The fourth-order valence-corrected chi connectivity index (χ4v) is 5.30. The molecule has 0 radical (unpaired) electrons. The highest BCUT2D eigenvalue weighted by Gasteiger charge is 2.42. The molecule has 2 unspecified atom stereocenters. The zero-order valence-electron chi connectivity index (χ0n) is 23.0. The molecule has 1 N–H and O–H groups in total. The van der Waals surface area contributed by atoms with Gasteiger partial charge >= 0.3 is 5.97 Å². The van der Waals surface area contributed by atoms with Crippen LogP contribution in [0.25, 0.3) is 0 Å². The maximum absolute atomic E-state index is 13.9. The molecule has 0 spiro atoms. The lowest BCUT2D eigenvalue weighted by Crippen LogP contribution is -2.36. The maximum atomic E-state index is 13.9. The van der Waals surface area contributed by atoms with Crippen molar-refractivity contribution in [3.8, 4) is 23.0 Å². The quantitative estimate of drug-likeness (QED) is 0.484. The highest BCUT2D eigenvalue weighted by Crippen LogP contribution is 2.48. The molecule has 0 aromatic heterocycles. The van der Waals surface area contributed by atoms with Crippen LogP contribution in [0.3, 0.4) is 0 Å². The molecule has 1 aliphatic heterocycles. The molecule has 0 saturated heterocycles. The molecule has 1 aliphatic carbocycles. The van der Waals surface area contributed by atoms with Crippen molar-refractivity contribution in [2.75, 3.05) is 28.4 Å². The summed E-state index contributed by atoms with van der Waals surface area (Å²) in [6.07, 6.45) is 0.569. The van der Waals surface area contributed by atoms with Crippen LogP contribution in [-0.4, -0.2) is 46.3 Å². The first-order valence-corrected chi connectivity index (χ1v) is 12.6. The minimum atomic E-state index is -0.641. The maximum Gasteiger partial charge on any atom is 0.337 e. The number of carbonyl (C=O) groups excluding carboxylic acids is 2. The van der Waals surface area contributed by atoms with Crippen LogP contribution in [0, 0.1) is 0 Å². The largest absolute Gasteiger partial charge is 0.497 e. The summed E-state index contributed by atoms with van der Waals surface area (Å²) >= 11 is 0. The molecular formula is C30H35NO7. The molecule has 38 heavy (non-hydrogen) atoms. The number of nitrogens with one attached hydrogen (secondary N) is 1. The molecule has 2 aromatic carbocycles. The standard InChI is InChI=1S/C30H35NO7/c1-16(2)38-30(33)27-17(3)31-22-12-19(18-8-11-24(35-5)26(14-18)37-7)13-23(32)29(22)28(27)21-10-9-20(34-4)15-25(21)36-6/h8-11,14-16,19,28,31H,12-13H2,1-7H3. The summed E-state index contributed by atoms with van der Waals surface area (Å²) in [5.41, 5.74) is 4.09. The molecule has 0 bridgehead atoms. The van der Waals surface area contributed by atoms with E-state index in [0.29, 0.717) is 51.8 Å². The van der Waals surface area contributed by atoms with Crippen molar-refractivity contribution < 1.29 is 33.3 Å². The SMILES string of the molecule is COc1ccc(C2C(C(=O)OC(C)C)=C(C)NC3=C2C(=O)CC(c2ccc(OC)c(OC)c2)C3)c(OC)c1. The number of rotatable bonds is 8. The molecule has 0 fully saturated rings. The molecule has 1 heterocycles. The number of ketones is 1. The van der Waals surface area contributed by atoms with Gasteiger partial charge in [0.1, 0.15) is 11.5 Å². The molecule has 8 nitrogen and oxygen atoms in total. The first-order chi connectivity index (χ1) is 18.2. The fourth-order valence-electron chi connectivity index (χ4n) is 5.30. The van der Waals surface area contributed by atoms with Crippen molar-refractivity contribution in [2.45, 2.75) is 51.6 Å². The zero-order valence-corrected chi connectivity index (χ0v) is 23.0. The van der Waals surface area contributed by atoms with Crippen LogP contribution in [0.4, 0.5) is 0 Å². The molecule has 2 atom stereocenters. The van der Waals surface area contributed by atoms with Gasteiger partial charge in [-0.25, -0.2) is 4.79 Å². The zero-order chi connectivity index (χ0) is 27.6. The van der Waals surface area contributed by atoms with Gasteiger partial charge in [-0.05, 0) is 56.9 Å². The van der Waals surface area contributed by atoms with Crippen molar-refractivity contribution in [1.82, 2.24) is 5.32 Å². The summed E-state index contributed by atoms with van der Waals surface area (Å²) in [6.45, 7) is 5.45. The van der Waals surface area contributed by atoms with Gasteiger partial charge in [-0.1, -0.05) is 12.1 Å². The van der Waals surface area contributed by atoms with Gasteiger partial charge in [0.25, 0.3) is 0 Å². The van der Waals surface area contributed by atoms with Gasteiger partial charge in [0, 0.05) is 35.0 Å². The lowest BCUT2D eigenvalue weighted by Gasteiger charge is -2.37. The second-order valence-corrected chi connectivity index (χ2v) is 9.69.